The third-order valence-electron chi connectivity index (χ3n) is 7.41. The molecule has 0 saturated carbocycles. The molecule has 3 aromatic carbocycles. The van der Waals surface area contributed by atoms with Crippen LogP contribution in [-0.4, -0.2) is 25.5 Å². The molecular formula is C36H44N2O3S. The number of rotatable bonds is 7. The minimum absolute atomic E-state index is 0.0533. The van der Waals surface area contributed by atoms with Crippen LogP contribution in [0, 0.1) is 0 Å². The largest absolute Gasteiger partial charge is 0.508 e. The van der Waals surface area contributed by atoms with E-state index in [1.54, 1.807) is 30.0 Å². The van der Waals surface area contributed by atoms with Gasteiger partial charge in [0.2, 0.25) is 0 Å². The predicted octanol–water partition coefficient (Wildman–Crippen LogP) is 9.03. The van der Waals surface area contributed by atoms with Gasteiger partial charge in [-0.1, -0.05) is 104 Å². The maximum atomic E-state index is 13.6. The Labute approximate surface area is 255 Å². The molecule has 0 fully saturated rings. The van der Waals surface area contributed by atoms with E-state index < -0.39 is 0 Å². The molecule has 0 spiro atoms. The highest BCUT2D eigenvalue weighted by molar-refractivity contribution is 7.98. The summed E-state index contributed by atoms with van der Waals surface area (Å²) < 4.78 is 1.93. The Balaban J connectivity index is 1.79. The molecule has 0 aliphatic rings. The van der Waals surface area contributed by atoms with Crippen molar-refractivity contribution < 1.29 is 15.0 Å². The first-order valence-corrected chi connectivity index (χ1v) is 15.4. The number of aromatic hydroxyl groups is 2. The van der Waals surface area contributed by atoms with Gasteiger partial charge in [-0.3, -0.25) is 4.79 Å². The van der Waals surface area contributed by atoms with Gasteiger partial charge in [-0.05, 0) is 57.7 Å². The second kappa shape index (κ2) is 11.6. The summed E-state index contributed by atoms with van der Waals surface area (Å²) in [5, 5.41) is 22.4. The summed E-state index contributed by atoms with van der Waals surface area (Å²) in [5.41, 5.74) is 5.04. The molecule has 4 rings (SSSR count). The molecule has 6 heteroatoms. The first-order chi connectivity index (χ1) is 19.4. The van der Waals surface area contributed by atoms with Crippen LogP contribution >= 0.6 is 11.8 Å². The fourth-order valence-electron chi connectivity index (χ4n) is 4.97. The predicted molar refractivity (Wildman–Crippen MR) is 174 cm³/mol. The molecule has 0 saturated heterocycles. The van der Waals surface area contributed by atoms with Crippen molar-refractivity contribution in [1.82, 2.24) is 9.55 Å². The number of phenols is 2. The van der Waals surface area contributed by atoms with Crippen LogP contribution in [0.3, 0.4) is 0 Å². The summed E-state index contributed by atoms with van der Waals surface area (Å²) in [4.78, 5) is 18.7. The van der Waals surface area contributed by atoms with E-state index in [1.165, 1.54) is 5.56 Å². The number of hydrogen-bond donors (Lipinski definition) is 2. The average molecular weight is 585 g/mol. The Hall–Kier alpha value is -3.51. The number of phenolic OH excluding ortho intramolecular Hbond substituents is 2. The minimum atomic E-state index is -0.298. The molecule has 42 heavy (non-hydrogen) atoms. The van der Waals surface area contributed by atoms with E-state index in [9.17, 15) is 15.0 Å². The van der Waals surface area contributed by atoms with Crippen molar-refractivity contribution in [2.24, 2.45) is 0 Å². The van der Waals surface area contributed by atoms with E-state index in [4.69, 9.17) is 4.98 Å². The average Bonchev–Trinajstić information content (AvgIpc) is 3.28. The number of carbonyl (C=O) groups is 1. The van der Waals surface area contributed by atoms with Gasteiger partial charge < -0.3 is 14.8 Å². The molecule has 0 atom stereocenters. The second-order valence-electron chi connectivity index (χ2n) is 14.1. The Morgan fingerprint density at radius 3 is 1.90 bits per heavy atom. The molecule has 0 radical (unpaired) electrons. The number of carbonyl (C=O) groups excluding carboxylic acids is 1. The lowest BCUT2D eigenvalue weighted by atomic mass is 9.78. The molecule has 0 unspecified atom stereocenters. The molecule has 0 amide bonds. The molecule has 5 nitrogen and oxygen atoms in total. The van der Waals surface area contributed by atoms with Gasteiger partial charge in [0.05, 0.1) is 12.2 Å². The van der Waals surface area contributed by atoms with E-state index in [2.05, 4.69) is 53.7 Å². The van der Waals surface area contributed by atoms with Gasteiger partial charge in [0.1, 0.15) is 11.5 Å². The van der Waals surface area contributed by atoms with Gasteiger partial charge in [-0.25, -0.2) is 4.98 Å². The standard InChI is InChI=1S/C36H44N2O3S/c1-34(2,3)26-17-24(15-16-30(26)39)31(40)21-38-20-29(37-33(38)42-22-23-13-11-10-12-14-23)25-18-27(35(4,5)6)32(41)28(19-25)36(7,8)9/h10-20,39,41H,21-22H2,1-9H3. The Kier molecular flexibility index (Phi) is 8.71. The Bertz CT molecular complexity index is 1550. The van der Waals surface area contributed by atoms with Crippen LogP contribution in [0.1, 0.15) is 94.9 Å². The van der Waals surface area contributed by atoms with Crippen LogP contribution in [0.2, 0.25) is 0 Å². The van der Waals surface area contributed by atoms with E-state index in [0.717, 1.165) is 38.9 Å². The van der Waals surface area contributed by atoms with E-state index in [0.29, 0.717) is 11.3 Å². The number of nitrogens with zero attached hydrogens (tertiary/aromatic N) is 2. The summed E-state index contributed by atoms with van der Waals surface area (Å²) in [6, 6.07) is 19.4. The Morgan fingerprint density at radius 1 is 0.786 bits per heavy atom. The zero-order valence-electron chi connectivity index (χ0n) is 26.4. The lowest BCUT2D eigenvalue weighted by Gasteiger charge is -2.28. The van der Waals surface area contributed by atoms with Crippen LogP contribution in [0.4, 0.5) is 0 Å². The smallest absolute Gasteiger partial charge is 0.182 e. The number of ketones is 1. The molecule has 0 aliphatic carbocycles. The normalized spacial score (nSPS) is 12.5. The van der Waals surface area contributed by atoms with Crippen molar-refractivity contribution in [1.29, 1.82) is 0 Å². The van der Waals surface area contributed by atoms with Crippen molar-refractivity contribution in [3.8, 4) is 22.8 Å². The van der Waals surface area contributed by atoms with Crippen molar-refractivity contribution in [3.63, 3.8) is 0 Å². The van der Waals surface area contributed by atoms with Crippen LogP contribution in [-0.2, 0) is 28.5 Å². The highest BCUT2D eigenvalue weighted by Gasteiger charge is 2.28. The minimum Gasteiger partial charge on any atom is -0.508 e. The summed E-state index contributed by atoms with van der Waals surface area (Å²) in [7, 11) is 0. The number of benzene rings is 3. The number of imidazole rings is 1. The monoisotopic (exact) mass is 584 g/mol. The summed E-state index contributed by atoms with van der Waals surface area (Å²) in [5.74, 6) is 1.19. The first kappa shape index (κ1) is 31.4. The summed E-state index contributed by atoms with van der Waals surface area (Å²) in [6.07, 6.45) is 1.95. The molecule has 1 aromatic heterocycles. The molecule has 4 aromatic rings. The maximum absolute atomic E-state index is 13.6. The van der Waals surface area contributed by atoms with Crippen LogP contribution in [0.15, 0.2) is 72.0 Å². The van der Waals surface area contributed by atoms with Crippen molar-refractivity contribution in [3.05, 3.63) is 94.7 Å². The van der Waals surface area contributed by atoms with Gasteiger partial charge in [0, 0.05) is 34.2 Å². The van der Waals surface area contributed by atoms with Gasteiger partial charge in [-0.15, -0.1) is 0 Å². The molecule has 1 heterocycles. The SMILES string of the molecule is CC(C)(C)c1cc(C(=O)Cn2cc(-c3cc(C(C)(C)C)c(O)c(C(C)(C)C)c3)nc2SCc2ccccc2)ccc1O. The topological polar surface area (TPSA) is 75.4 Å². The highest BCUT2D eigenvalue weighted by atomic mass is 32.2. The van der Waals surface area contributed by atoms with Gasteiger partial charge >= 0.3 is 0 Å². The van der Waals surface area contributed by atoms with E-state index in [-0.39, 0.29) is 34.3 Å². The Morgan fingerprint density at radius 2 is 1.36 bits per heavy atom. The maximum Gasteiger partial charge on any atom is 0.182 e. The van der Waals surface area contributed by atoms with Gasteiger partial charge in [0.15, 0.2) is 10.9 Å². The summed E-state index contributed by atoms with van der Waals surface area (Å²) in [6.45, 7) is 18.8. The number of aromatic nitrogens is 2. The third kappa shape index (κ3) is 7.09. The van der Waals surface area contributed by atoms with Crippen molar-refractivity contribution in [2.45, 2.75) is 96.0 Å². The van der Waals surface area contributed by atoms with E-state index in [1.807, 2.05) is 61.9 Å². The van der Waals surface area contributed by atoms with Crippen LogP contribution < -0.4 is 0 Å². The second-order valence-corrected chi connectivity index (χ2v) is 15.1. The summed E-state index contributed by atoms with van der Waals surface area (Å²) >= 11 is 1.60. The zero-order chi connectivity index (χ0) is 31.0. The van der Waals surface area contributed by atoms with Gasteiger partial charge in [-0.2, -0.15) is 0 Å². The van der Waals surface area contributed by atoms with Crippen LogP contribution in [0.25, 0.3) is 11.3 Å². The molecule has 0 aliphatic heterocycles. The van der Waals surface area contributed by atoms with Crippen molar-refractivity contribution in [2.75, 3.05) is 0 Å². The quantitative estimate of drug-likeness (QED) is 0.167. The number of thioether (sulfide) groups is 1. The molecule has 2 N–H and O–H groups in total. The zero-order valence-corrected chi connectivity index (χ0v) is 27.2. The third-order valence-corrected chi connectivity index (χ3v) is 8.47. The highest BCUT2D eigenvalue weighted by Crippen LogP contribution is 2.42. The lowest BCUT2D eigenvalue weighted by molar-refractivity contribution is 0.0969. The number of Topliss-reactive ketones (excluding diaryl/α,β-unsaturated/α-hetero) is 1. The van der Waals surface area contributed by atoms with Crippen molar-refractivity contribution >= 4 is 17.5 Å². The van der Waals surface area contributed by atoms with E-state index >= 15 is 0 Å². The first-order valence-electron chi connectivity index (χ1n) is 14.4. The number of hydrogen-bond acceptors (Lipinski definition) is 5. The molecule has 222 valence electrons. The fourth-order valence-corrected chi connectivity index (χ4v) is 5.90. The fraction of sp³-hybridized carbons (Fsp3) is 0.389. The van der Waals surface area contributed by atoms with Gasteiger partial charge in [0.25, 0.3) is 0 Å². The molecular weight excluding hydrogens is 540 g/mol. The lowest BCUT2D eigenvalue weighted by Crippen LogP contribution is -2.17. The van der Waals surface area contributed by atoms with Crippen LogP contribution in [0.5, 0.6) is 11.5 Å². The molecule has 0 bridgehead atoms.